The molecule has 1 aliphatic heterocycles. The van der Waals surface area contributed by atoms with Gasteiger partial charge in [0.25, 0.3) is 5.91 Å². The van der Waals surface area contributed by atoms with E-state index >= 15 is 0 Å². The van der Waals surface area contributed by atoms with E-state index in [2.05, 4.69) is 45.5 Å². The minimum absolute atomic E-state index is 0.0254. The molecule has 0 spiro atoms. The molecular weight excluding hydrogens is 360 g/mol. The third-order valence-electron chi connectivity index (χ3n) is 4.71. The summed E-state index contributed by atoms with van der Waals surface area (Å²) in [6, 6.07) is 5.81. The van der Waals surface area contributed by atoms with E-state index in [9.17, 15) is 4.79 Å². The van der Waals surface area contributed by atoms with Crippen molar-refractivity contribution in [3.8, 4) is 11.5 Å². The number of aromatic nitrogens is 5. The molecule has 1 aliphatic rings. The summed E-state index contributed by atoms with van der Waals surface area (Å²) in [6.45, 7) is 9.23. The zero-order valence-electron chi connectivity index (χ0n) is 15.9. The quantitative estimate of drug-likeness (QED) is 0.693. The molecule has 0 saturated heterocycles. The lowest BCUT2D eigenvalue weighted by atomic mass is 10.2. The number of fused-ring (bicyclic) bond motifs is 1. The highest BCUT2D eigenvalue weighted by Gasteiger charge is 2.32. The molecule has 4 heterocycles. The number of rotatable bonds is 3. The standard InChI is InChI=1S/C19H22N6OS/c1-11(2)18-21-13(4)16(27-18)19(26)24-9-12(3)25-15(10-24)22-23-17(25)14-7-5-6-8-20-14/h5-8,11-12H,9-10H2,1-4H3/t12-/m0/s1. The number of hydrogen-bond donors (Lipinski definition) is 0. The summed E-state index contributed by atoms with van der Waals surface area (Å²) in [4.78, 5) is 24.6. The number of aryl methyl sites for hydroxylation is 1. The van der Waals surface area contributed by atoms with Crippen LogP contribution in [0.15, 0.2) is 24.4 Å². The SMILES string of the molecule is Cc1nc(C(C)C)sc1C(=O)N1Cc2nnc(-c3ccccn3)n2[C@@H](C)C1. The first kappa shape index (κ1) is 17.8. The number of pyridine rings is 1. The van der Waals surface area contributed by atoms with Gasteiger partial charge in [-0.2, -0.15) is 0 Å². The lowest BCUT2D eigenvalue weighted by Crippen LogP contribution is -2.40. The number of carbonyl (C=O) groups is 1. The number of hydrogen-bond acceptors (Lipinski definition) is 6. The van der Waals surface area contributed by atoms with E-state index in [4.69, 9.17) is 0 Å². The first-order chi connectivity index (χ1) is 13.0. The summed E-state index contributed by atoms with van der Waals surface area (Å²) in [5.41, 5.74) is 1.60. The lowest BCUT2D eigenvalue weighted by Gasteiger charge is -2.32. The maximum Gasteiger partial charge on any atom is 0.266 e. The molecule has 0 radical (unpaired) electrons. The highest BCUT2D eigenvalue weighted by Crippen LogP contribution is 2.30. The van der Waals surface area contributed by atoms with Crippen LogP contribution in [-0.2, 0) is 6.54 Å². The largest absolute Gasteiger partial charge is 0.328 e. The Morgan fingerprint density at radius 3 is 2.78 bits per heavy atom. The van der Waals surface area contributed by atoms with E-state index in [0.29, 0.717) is 19.0 Å². The second kappa shape index (κ2) is 6.84. The van der Waals surface area contributed by atoms with Crippen molar-refractivity contribution in [2.24, 2.45) is 0 Å². The molecule has 4 rings (SSSR count). The van der Waals surface area contributed by atoms with Crippen LogP contribution in [0.25, 0.3) is 11.5 Å². The molecule has 0 N–H and O–H groups in total. The first-order valence-corrected chi connectivity index (χ1v) is 9.89. The van der Waals surface area contributed by atoms with E-state index in [1.54, 1.807) is 6.20 Å². The Morgan fingerprint density at radius 1 is 1.30 bits per heavy atom. The fourth-order valence-corrected chi connectivity index (χ4v) is 4.40. The Morgan fingerprint density at radius 2 is 2.11 bits per heavy atom. The average Bonchev–Trinajstić information content (AvgIpc) is 3.26. The van der Waals surface area contributed by atoms with E-state index in [1.165, 1.54) is 11.3 Å². The van der Waals surface area contributed by atoms with Crippen LogP contribution < -0.4 is 0 Å². The summed E-state index contributed by atoms with van der Waals surface area (Å²) in [5.74, 6) is 1.88. The fourth-order valence-electron chi connectivity index (χ4n) is 3.36. The molecular formula is C19H22N6OS. The molecule has 0 fully saturated rings. The Balaban J connectivity index is 1.63. The van der Waals surface area contributed by atoms with Gasteiger partial charge in [0.05, 0.1) is 23.3 Å². The van der Waals surface area contributed by atoms with Crippen LogP contribution in [0, 0.1) is 6.92 Å². The third kappa shape index (κ3) is 3.14. The van der Waals surface area contributed by atoms with Crippen LogP contribution in [0.1, 0.15) is 58.9 Å². The van der Waals surface area contributed by atoms with Gasteiger partial charge in [-0.3, -0.25) is 9.78 Å². The number of nitrogens with zero attached hydrogens (tertiary/aromatic N) is 6. The predicted molar refractivity (Wildman–Crippen MR) is 104 cm³/mol. The van der Waals surface area contributed by atoms with Crippen molar-refractivity contribution >= 4 is 17.2 Å². The van der Waals surface area contributed by atoms with Crippen molar-refractivity contribution in [3.63, 3.8) is 0 Å². The molecule has 0 bridgehead atoms. The van der Waals surface area contributed by atoms with Crippen molar-refractivity contribution in [1.82, 2.24) is 29.6 Å². The molecule has 3 aromatic rings. The predicted octanol–water partition coefficient (Wildman–Crippen LogP) is 3.45. The second-order valence-electron chi connectivity index (χ2n) is 7.18. The maximum absolute atomic E-state index is 13.1. The number of thiazole rings is 1. The average molecular weight is 382 g/mol. The van der Waals surface area contributed by atoms with Gasteiger partial charge in [0.1, 0.15) is 10.6 Å². The van der Waals surface area contributed by atoms with E-state index < -0.39 is 0 Å². The summed E-state index contributed by atoms with van der Waals surface area (Å²) < 4.78 is 2.09. The van der Waals surface area contributed by atoms with Crippen molar-refractivity contribution in [2.75, 3.05) is 6.54 Å². The molecule has 0 saturated carbocycles. The van der Waals surface area contributed by atoms with Crippen molar-refractivity contribution < 1.29 is 4.79 Å². The minimum atomic E-state index is 0.0254. The fraction of sp³-hybridized carbons (Fsp3) is 0.421. The van der Waals surface area contributed by atoms with E-state index in [1.807, 2.05) is 30.0 Å². The van der Waals surface area contributed by atoms with Crippen LogP contribution in [0.3, 0.4) is 0 Å². The monoisotopic (exact) mass is 382 g/mol. The van der Waals surface area contributed by atoms with Crippen LogP contribution >= 0.6 is 11.3 Å². The Hall–Kier alpha value is -2.61. The van der Waals surface area contributed by atoms with Crippen molar-refractivity contribution in [2.45, 2.75) is 46.2 Å². The van der Waals surface area contributed by atoms with Crippen LogP contribution in [0.4, 0.5) is 0 Å². The molecule has 8 heteroatoms. The van der Waals surface area contributed by atoms with Gasteiger partial charge in [-0.15, -0.1) is 21.5 Å². The van der Waals surface area contributed by atoms with Crippen LogP contribution in [0.5, 0.6) is 0 Å². The zero-order valence-corrected chi connectivity index (χ0v) is 16.7. The molecule has 1 atom stereocenters. The van der Waals surface area contributed by atoms with Gasteiger partial charge < -0.3 is 9.47 Å². The van der Waals surface area contributed by atoms with E-state index in [-0.39, 0.29) is 11.9 Å². The lowest BCUT2D eigenvalue weighted by molar-refractivity contribution is 0.0686. The molecule has 1 amide bonds. The molecule has 140 valence electrons. The van der Waals surface area contributed by atoms with Gasteiger partial charge in [0.15, 0.2) is 11.6 Å². The highest BCUT2D eigenvalue weighted by atomic mass is 32.1. The number of carbonyl (C=O) groups excluding carboxylic acids is 1. The van der Waals surface area contributed by atoms with Gasteiger partial charge in [-0.25, -0.2) is 4.98 Å². The molecule has 0 unspecified atom stereocenters. The summed E-state index contributed by atoms with van der Waals surface area (Å²) in [7, 11) is 0. The van der Waals surface area contributed by atoms with Gasteiger partial charge in [0.2, 0.25) is 0 Å². The van der Waals surface area contributed by atoms with Crippen molar-refractivity contribution in [1.29, 1.82) is 0 Å². The normalized spacial score (nSPS) is 16.6. The molecule has 0 aromatic carbocycles. The van der Waals surface area contributed by atoms with Gasteiger partial charge in [-0.1, -0.05) is 19.9 Å². The summed E-state index contributed by atoms with van der Waals surface area (Å²) in [5, 5.41) is 9.67. The van der Waals surface area contributed by atoms with E-state index in [0.717, 1.165) is 32.9 Å². The second-order valence-corrected chi connectivity index (χ2v) is 8.21. The minimum Gasteiger partial charge on any atom is -0.328 e. The van der Waals surface area contributed by atoms with Gasteiger partial charge in [-0.05, 0) is 26.0 Å². The zero-order chi connectivity index (χ0) is 19.1. The Kier molecular flexibility index (Phi) is 4.51. The van der Waals surface area contributed by atoms with Crippen LogP contribution in [0.2, 0.25) is 0 Å². The Bertz CT molecular complexity index is 978. The molecule has 3 aromatic heterocycles. The highest BCUT2D eigenvalue weighted by molar-refractivity contribution is 7.13. The summed E-state index contributed by atoms with van der Waals surface area (Å²) >= 11 is 1.50. The first-order valence-electron chi connectivity index (χ1n) is 9.07. The molecule has 27 heavy (non-hydrogen) atoms. The summed E-state index contributed by atoms with van der Waals surface area (Å²) in [6.07, 6.45) is 1.75. The Labute approximate surface area is 162 Å². The smallest absolute Gasteiger partial charge is 0.266 e. The van der Waals surface area contributed by atoms with Gasteiger partial charge >= 0.3 is 0 Å². The third-order valence-corrected chi connectivity index (χ3v) is 6.15. The maximum atomic E-state index is 13.1. The van der Waals surface area contributed by atoms with Crippen LogP contribution in [-0.4, -0.2) is 42.1 Å². The topological polar surface area (TPSA) is 76.8 Å². The number of amides is 1. The molecule has 0 aliphatic carbocycles. The van der Waals surface area contributed by atoms with Gasteiger partial charge in [0, 0.05) is 18.7 Å². The van der Waals surface area contributed by atoms with Crippen molar-refractivity contribution in [3.05, 3.63) is 45.8 Å². The molecule has 7 nitrogen and oxygen atoms in total.